The Balaban J connectivity index is 2.02. The highest BCUT2D eigenvalue weighted by atomic mass is 16.7. The molecule has 0 aromatic rings. The normalized spacial score (nSPS) is 20.9. The van der Waals surface area contributed by atoms with Gasteiger partial charge < -0.3 is 15.2 Å². The van der Waals surface area contributed by atoms with E-state index in [1.165, 1.54) is 0 Å². The van der Waals surface area contributed by atoms with Crippen molar-refractivity contribution in [3.8, 4) is 6.07 Å². The van der Waals surface area contributed by atoms with Crippen LogP contribution in [0.4, 0.5) is 0 Å². The van der Waals surface area contributed by atoms with Gasteiger partial charge in [0.2, 0.25) is 0 Å². The molecule has 1 heterocycles. The maximum absolute atomic E-state index is 8.43. The van der Waals surface area contributed by atoms with Crippen molar-refractivity contribution in [1.29, 1.82) is 5.26 Å². The second-order valence-corrected chi connectivity index (χ2v) is 3.19. The van der Waals surface area contributed by atoms with Crippen LogP contribution in [-0.2, 0) is 9.47 Å². The summed E-state index contributed by atoms with van der Waals surface area (Å²) in [5.74, 6) is 0. The summed E-state index contributed by atoms with van der Waals surface area (Å²) in [6.45, 7) is 1.57. The van der Waals surface area contributed by atoms with E-state index in [1.807, 2.05) is 6.07 Å². The first-order valence-corrected chi connectivity index (χ1v) is 4.71. The van der Waals surface area contributed by atoms with E-state index in [0.717, 1.165) is 38.9 Å². The first kappa shape index (κ1) is 10.5. The molecule has 1 rings (SSSR count). The summed E-state index contributed by atoms with van der Waals surface area (Å²) in [6, 6.07) is 1.65. The Hall–Kier alpha value is -0.630. The molecule has 1 saturated heterocycles. The summed E-state index contributed by atoms with van der Waals surface area (Å²) >= 11 is 0. The van der Waals surface area contributed by atoms with Crippen LogP contribution in [0.25, 0.3) is 0 Å². The van der Waals surface area contributed by atoms with Gasteiger partial charge in [-0.05, 0) is 25.7 Å². The van der Waals surface area contributed by atoms with Crippen molar-refractivity contribution in [2.24, 2.45) is 5.73 Å². The minimum absolute atomic E-state index is 0.0698. The molecule has 0 aliphatic carbocycles. The molecule has 1 atom stereocenters. The number of hydrogen-bond donors (Lipinski definition) is 1. The van der Waals surface area contributed by atoms with E-state index in [-0.39, 0.29) is 12.3 Å². The predicted octanol–water partition coefficient (Wildman–Crippen LogP) is 0.771. The van der Waals surface area contributed by atoms with Crippen molar-refractivity contribution in [3.05, 3.63) is 0 Å². The Morgan fingerprint density at radius 1 is 1.46 bits per heavy atom. The van der Waals surface area contributed by atoms with Crippen LogP contribution in [0.2, 0.25) is 0 Å². The van der Waals surface area contributed by atoms with Gasteiger partial charge in [-0.25, -0.2) is 0 Å². The van der Waals surface area contributed by atoms with Gasteiger partial charge in [0, 0.05) is 0 Å². The molecule has 1 aliphatic heterocycles. The Kier molecular flexibility index (Phi) is 4.76. The van der Waals surface area contributed by atoms with E-state index in [1.54, 1.807) is 0 Å². The molecule has 0 spiro atoms. The largest absolute Gasteiger partial charge is 0.353 e. The first-order valence-electron chi connectivity index (χ1n) is 4.71. The van der Waals surface area contributed by atoms with Crippen molar-refractivity contribution in [3.63, 3.8) is 0 Å². The van der Waals surface area contributed by atoms with Crippen molar-refractivity contribution in [2.75, 3.05) is 13.2 Å². The molecule has 0 bridgehead atoms. The van der Waals surface area contributed by atoms with Crippen LogP contribution < -0.4 is 5.73 Å². The van der Waals surface area contributed by atoms with Gasteiger partial charge in [0.15, 0.2) is 6.29 Å². The smallest absolute Gasteiger partial charge is 0.157 e. The SMILES string of the molecule is N#CC(N)CCCC1OCCCO1. The average Bonchev–Trinajstić information content (AvgIpc) is 2.19. The monoisotopic (exact) mass is 184 g/mol. The van der Waals surface area contributed by atoms with E-state index in [2.05, 4.69) is 0 Å². The third kappa shape index (κ3) is 4.23. The molecule has 0 saturated carbocycles. The van der Waals surface area contributed by atoms with E-state index < -0.39 is 0 Å². The first-order chi connectivity index (χ1) is 6.33. The fraction of sp³-hybridized carbons (Fsp3) is 0.889. The van der Waals surface area contributed by atoms with E-state index in [0.29, 0.717) is 0 Å². The molecule has 0 amide bonds. The second-order valence-electron chi connectivity index (χ2n) is 3.19. The summed E-state index contributed by atoms with van der Waals surface area (Å²) in [5, 5.41) is 8.43. The van der Waals surface area contributed by atoms with Gasteiger partial charge >= 0.3 is 0 Å². The van der Waals surface area contributed by atoms with Gasteiger partial charge in [0.25, 0.3) is 0 Å². The van der Waals surface area contributed by atoms with Crippen LogP contribution in [0.3, 0.4) is 0 Å². The van der Waals surface area contributed by atoms with Crippen LogP contribution in [-0.4, -0.2) is 25.5 Å². The zero-order valence-electron chi connectivity index (χ0n) is 7.74. The number of nitrogens with two attached hydrogens (primary N) is 1. The molecule has 1 fully saturated rings. The van der Waals surface area contributed by atoms with E-state index in [9.17, 15) is 0 Å². The molecule has 4 nitrogen and oxygen atoms in total. The number of nitriles is 1. The minimum atomic E-state index is -0.344. The lowest BCUT2D eigenvalue weighted by molar-refractivity contribution is -0.181. The summed E-state index contributed by atoms with van der Waals surface area (Å²) in [4.78, 5) is 0. The van der Waals surface area contributed by atoms with Crippen LogP contribution in [0, 0.1) is 11.3 Å². The van der Waals surface area contributed by atoms with Gasteiger partial charge in [-0.1, -0.05) is 0 Å². The zero-order valence-corrected chi connectivity index (χ0v) is 7.74. The highest BCUT2D eigenvalue weighted by Crippen LogP contribution is 2.12. The van der Waals surface area contributed by atoms with Gasteiger partial charge in [-0.3, -0.25) is 0 Å². The molecule has 1 aliphatic rings. The van der Waals surface area contributed by atoms with Gasteiger partial charge in [0.1, 0.15) is 0 Å². The van der Waals surface area contributed by atoms with Crippen molar-refractivity contribution in [2.45, 2.75) is 38.0 Å². The van der Waals surface area contributed by atoms with E-state index >= 15 is 0 Å². The van der Waals surface area contributed by atoms with Crippen molar-refractivity contribution < 1.29 is 9.47 Å². The highest BCUT2D eigenvalue weighted by Gasteiger charge is 2.13. The standard InChI is InChI=1S/C9H16N2O2/c10-7-8(11)3-1-4-9-12-5-2-6-13-9/h8-9H,1-6,11H2. The summed E-state index contributed by atoms with van der Waals surface area (Å²) in [5.41, 5.74) is 5.45. The molecule has 0 aromatic carbocycles. The topological polar surface area (TPSA) is 68.3 Å². The van der Waals surface area contributed by atoms with Crippen molar-refractivity contribution >= 4 is 0 Å². The van der Waals surface area contributed by atoms with Crippen LogP contribution in [0.1, 0.15) is 25.7 Å². The highest BCUT2D eigenvalue weighted by molar-refractivity contribution is 4.85. The molecule has 74 valence electrons. The molecule has 0 aromatic heterocycles. The third-order valence-electron chi connectivity index (χ3n) is 2.02. The molecule has 2 N–H and O–H groups in total. The summed E-state index contributed by atoms with van der Waals surface area (Å²) in [6.07, 6.45) is 3.36. The fourth-order valence-corrected chi connectivity index (χ4v) is 1.27. The Bertz CT molecular complexity index is 173. The van der Waals surface area contributed by atoms with Crippen LogP contribution in [0.15, 0.2) is 0 Å². The maximum atomic E-state index is 8.43. The van der Waals surface area contributed by atoms with Gasteiger partial charge in [-0.2, -0.15) is 5.26 Å². The fourth-order valence-electron chi connectivity index (χ4n) is 1.27. The lowest BCUT2D eigenvalue weighted by atomic mass is 10.1. The number of rotatable bonds is 4. The zero-order chi connectivity index (χ0) is 9.52. The molecule has 13 heavy (non-hydrogen) atoms. The maximum Gasteiger partial charge on any atom is 0.157 e. The quantitative estimate of drug-likeness (QED) is 0.700. The Labute approximate surface area is 78.6 Å². The number of nitrogens with zero attached hydrogens (tertiary/aromatic N) is 1. The average molecular weight is 184 g/mol. The predicted molar refractivity (Wildman–Crippen MR) is 47.7 cm³/mol. The van der Waals surface area contributed by atoms with Crippen LogP contribution in [0.5, 0.6) is 0 Å². The lowest BCUT2D eigenvalue weighted by Gasteiger charge is -2.23. The summed E-state index contributed by atoms with van der Waals surface area (Å²) < 4.78 is 10.7. The minimum Gasteiger partial charge on any atom is -0.353 e. The molecule has 4 heteroatoms. The van der Waals surface area contributed by atoms with Gasteiger partial charge in [-0.15, -0.1) is 0 Å². The molecule has 1 unspecified atom stereocenters. The molecular formula is C9H16N2O2. The third-order valence-corrected chi connectivity index (χ3v) is 2.02. The van der Waals surface area contributed by atoms with Crippen LogP contribution >= 0.6 is 0 Å². The molecular weight excluding hydrogens is 168 g/mol. The summed E-state index contributed by atoms with van der Waals surface area (Å²) in [7, 11) is 0. The van der Waals surface area contributed by atoms with E-state index in [4.69, 9.17) is 20.5 Å². The second kappa shape index (κ2) is 5.92. The number of hydrogen-bond acceptors (Lipinski definition) is 4. The van der Waals surface area contributed by atoms with Crippen molar-refractivity contribution in [1.82, 2.24) is 0 Å². The Morgan fingerprint density at radius 2 is 2.15 bits per heavy atom. The Morgan fingerprint density at radius 3 is 2.77 bits per heavy atom. The lowest BCUT2D eigenvalue weighted by Crippen LogP contribution is -2.25. The molecule has 0 radical (unpaired) electrons. The number of ether oxygens (including phenoxy) is 2. The van der Waals surface area contributed by atoms with Gasteiger partial charge in [0.05, 0.1) is 25.3 Å².